The zero-order valence-corrected chi connectivity index (χ0v) is 11.8. The van der Waals surface area contributed by atoms with Crippen LogP contribution in [0.2, 0.25) is 10.0 Å². The molecule has 0 aliphatic carbocycles. The van der Waals surface area contributed by atoms with Crippen LogP contribution in [0.5, 0.6) is 0 Å². The fourth-order valence-electron chi connectivity index (χ4n) is 1.50. The van der Waals surface area contributed by atoms with Crippen LogP contribution >= 0.6 is 39.1 Å². The third-order valence-electron chi connectivity index (χ3n) is 2.30. The maximum Gasteiger partial charge on any atom is 0.215 e. The van der Waals surface area contributed by atoms with Gasteiger partial charge in [-0.1, -0.05) is 29.3 Å². The molecule has 0 atom stereocenters. The van der Waals surface area contributed by atoms with Crippen molar-refractivity contribution < 1.29 is 4.79 Å². The Morgan fingerprint density at radius 2 is 1.94 bits per heavy atom. The predicted octanol–water partition coefficient (Wildman–Crippen LogP) is 3.72. The Hall–Kier alpha value is -0.840. The van der Waals surface area contributed by atoms with Crippen molar-refractivity contribution in [1.82, 2.24) is 9.78 Å². The first kappa shape index (κ1) is 12.6. The van der Waals surface area contributed by atoms with Crippen molar-refractivity contribution in [3.05, 3.63) is 50.2 Å². The molecule has 88 valence electrons. The van der Waals surface area contributed by atoms with Crippen LogP contribution in [0.15, 0.2) is 28.9 Å². The molecule has 0 fully saturated rings. The molecular weight excluding hydrogens is 327 g/mol. The molecule has 1 aromatic carbocycles. The fourth-order valence-corrected chi connectivity index (χ4v) is 2.60. The van der Waals surface area contributed by atoms with Crippen LogP contribution in [-0.4, -0.2) is 15.6 Å². The van der Waals surface area contributed by atoms with Gasteiger partial charge in [0.15, 0.2) is 0 Å². The van der Waals surface area contributed by atoms with E-state index < -0.39 is 0 Å². The first-order chi connectivity index (χ1) is 8.02. The van der Waals surface area contributed by atoms with Gasteiger partial charge in [0.05, 0.1) is 26.3 Å². The van der Waals surface area contributed by atoms with Gasteiger partial charge in [0.25, 0.3) is 0 Å². The van der Waals surface area contributed by atoms with Gasteiger partial charge in [-0.05, 0) is 28.1 Å². The number of nitrogens with zero attached hydrogens (tertiary/aromatic N) is 2. The molecule has 6 heteroatoms. The number of halogens is 3. The number of carbonyl (C=O) groups is 1. The maximum atomic E-state index is 12.3. The molecule has 0 saturated heterocycles. The van der Waals surface area contributed by atoms with Crippen LogP contribution in [0.3, 0.4) is 0 Å². The summed E-state index contributed by atoms with van der Waals surface area (Å²) >= 11 is 15.3. The van der Waals surface area contributed by atoms with E-state index in [1.54, 1.807) is 31.4 Å². The Bertz CT molecular complexity index is 555. The Morgan fingerprint density at radius 3 is 2.41 bits per heavy atom. The van der Waals surface area contributed by atoms with Crippen LogP contribution in [0.25, 0.3) is 0 Å². The highest BCUT2D eigenvalue weighted by atomic mass is 79.9. The summed E-state index contributed by atoms with van der Waals surface area (Å²) in [5.74, 6) is -0.257. The normalized spacial score (nSPS) is 10.6. The summed E-state index contributed by atoms with van der Waals surface area (Å²) in [7, 11) is 1.68. The minimum Gasteiger partial charge on any atom is -0.287 e. The van der Waals surface area contributed by atoms with Crippen molar-refractivity contribution in [3.8, 4) is 0 Å². The molecule has 0 spiro atoms. The van der Waals surface area contributed by atoms with Gasteiger partial charge in [-0.15, -0.1) is 0 Å². The standard InChI is InChI=1S/C11H7BrCl2N2O/c1-16-10(6(12)5-15-16)11(17)9-7(13)3-2-4-8(9)14/h2-5H,1H3. The zero-order chi connectivity index (χ0) is 12.6. The van der Waals surface area contributed by atoms with Crippen molar-refractivity contribution in [1.29, 1.82) is 0 Å². The number of hydrogen-bond acceptors (Lipinski definition) is 2. The van der Waals surface area contributed by atoms with Crippen LogP contribution < -0.4 is 0 Å². The van der Waals surface area contributed by atoms with Crippen molar-refractivity contribution >= 4 is 44.9 Å². The van der Waals surface area contributed by atoms with E-state index in [0.29, 0.717) is 25.8 Å². The van der Waals surface area contributed by atoms with Gasteiger partial charge in [-0.3, -0.25) is 9.48 Å². The topological polar surface area (TPSA) is 34.9 Å². The summed E-state index contributed by atoms with van der Waals surface area (Å²) in [5.41, 5.74) is 0.708. The third-order valence-corrected chi connectivity index (χ3v) is 3.51. The van der Waals surface area contributed by atoms with Crippen LogP contribution in [0.1, 0.15) is 16.1 Å². The molecule has 2 rings (SSSR count). The minimum absolute atomic E-state index is 0.257. The van der Waals surface area contributed by atoms with E-state index >= 15 is 0 Å². The van der Waals surface area contributed by atoms with Gasteiger partial charge in [0.2, 0.25) is 5.78 Å². The highest BCUT2D eigenvalue weighted by molar-refractivity contribution is 9.10. The van der Waals surface area contributed by atoms with E-state index in [-0.39, 0.29) is 5.78 Å². The number of rotatable bonds is 2. The summed E-state index contributed by atoms with van der Waals surface area (Å²) < 4.78 is 2.09. The second-order valence-corrected chi connectivity index (χ2v) is 5.06. The fraction of sp³-hybridized carbons (Fsp3) is 0.0909. The average Bonchev–Trinajstić information content (AvgIpc) is 2.58. The number of carbonyl (C=O) groups excluding carboxylic acids is 1. The van der Waals surface area contributed by atoms with Crippen LogP contribution in [-0.2, 0) is 7.05 Å². The van der Waals surface area contributed by atoms with Crippen LogP contribution in [0.4, 0.5) is 0 Å². The van der Waals surface area contributed by atoms with E-state index in [1.807, 2.05) is 0 Å². The van der Waals surface area contributed by atoms with E-state index in [2.05, 4.69) is 21.0 Å². The molecule has 0 aliphatic rings. The zero-order valence-electron chi connectivity index (χ0n) is 8.75. The maximum absolute atomic E-state index is 12.3. The summed E-state index contributed by atoms with van der Waals surface area (Å²) in [6.45, 7) is 0. The number of aromatic nitrogens is 2. The highest BCUT2D eigenvalue weighted by Gasteiger charge is 2.21. The van der Waals surface area contributed by atoms with Crippen molar-refractivity contribution in [2.24, 2.45) is 7.05 Å². The molecule has 0 bridgehead atoms. The molecule has 0 N–H and O–H groups in total. The van der Waals surface area contributed by atoms with Gasteiger partial charge in [-0.25, -0.2) is 0 Å². The quantitative estimate of drug-likeness (QED) is 0.785. The lowest BCUT2D eigenvalue weighted by Gasteiger charge is -2.06. The number of aryl methyl sites for hydroxylation is 1. The Morgan fingerprint density at radius 1 is 1.35 bits per heavy atom. The Labute approximate surface area is 116 Å². The monoisotopic (exact) mass is 332 g/mol. The van der Waals surface area contributed by atoms with E-state index in [4.69, 9.17) is 23.2 Å². The molecule has 0 aliphatic heterocycles. The summed E-state index contributed by atoms with van der Waals surface area (Å²) in [6, 6.07) is 4.95. The lowest BCUT2D eigenvalue weighted by atomic mass is 10.1. The molecule has 0 amide bonds. The van der Waals surface area contributed by atoms with Crippen molar-refractivity contribution in [3.63, 3.8) is 0 Å². The highest BCUT2D eigenvalue weighted by Crippen LogP contribution is 2.28. The second kappa shape index (κ2) is 4.80. The van der Waals surface area contributed by atoms with Gasteiger partial charge in [0.1, 0.15) is 5.69 Å². The molecule has 0 radical (unpaired) electrons. The summed E-state index contributed by atoms with van der Waals surface area (Å²) in [4.78, 5) is 12.3. The largest absolute Gasteiger partial charge is 0.287 e. The van der Waals surface area contributed by atoms with Crippen molar-refractivity contribution in [2.75, 3.05) is 0 Å². The number of benzene rings is 1. The lowest BCUT2D eigenvalue weighted by molar-refractivity contribution is 0.103. The molecule has 1 heterocycles. The molecule has 1 aromatic heterocycles. The van der Waals surface area contributed by atoms with E-state index in [9.17, 15) is 4.79 Å². The predicted molar refractivity (Wildman–Crippen MR) is 70.8 cm³/mol. The second-order valence-electron chi connectivity index (χ2n) is 3.39. The smallest absolute Gasteiger partial charge is 0.215 e. The van der Waals surface area contributed by atoms with Gasteiger partial charge in [0, 0.05) is 7.05 Å². The number of ketones is 1. The lowest BCUT2D eigenvalue weighted by Crippen LogP contribution is -2.10. The molecular formula is C11H7BrCl2N2O. The SMILES string of the molecule is Cn1ncc(Br)c1C(=O)c1c(Cl)cccc1Cl. The summed E-state index contributed by atoms with van der Waals surface area (Å²) in [5, 5.41) is 4.64. The van der Waals surface area contributed by atoms with Crippen LogP contribution in [0, 0.1) is 0 Å². The molecule has 0 saturated carbocycles. The summed E-state index contributed by atoms with van der Waals surface area (Å²) in [6.07, 6.45) is 1.55. The number of hydrogen-bond donors (Lipinski definition) is 0. The van der Waals surface area contributed by atoms with Gasteiger partial charge in [-0.2, -0.15) is 5.10 Å². The van der Waals surface area contributed by atoms with Gasteiger partial charge >= 0.3 is 0 Å². The van der Waals surface area contributed by atoms with E-state index in [1.165, 1.54) is 4.68 Å². The van der Waals surface area contributed by atoms with E-state index in [0.717, 1.165) is 0 Å². The molecule has 0 unspecified atom stereocenters. The third kappa shape index (κ3) is 2.25. The van der Waals surface area contributed by atoms with Gasteiger partial charge < -0.3 is 0 Å². The Kier molecular flexibility index (Phi) is 3.56. The van der Waals surface area contributed by atoms with Crippen molar-refractivity contribution in [2.45, 2.75) is 0 Å². The molecule has 3 nitrogen and oxygen atoms in total. The minimum atomic E-state index is -0.257. The average molecular weight is 334 g/mol. The molecule has 2 aromatic rings. The first-order valence-electron chi connectivity index (χ1n) is 4.68. The Balaban J connectivity index is 2.59. The first-order valence-corrected chi connectivity index (χ1v) is 6.23. The molecule has 17 heavy (non-hydrogen) atoms.